The Kier molecular flexibility index (Phi) is 7.62. The van der Waals surface area contributed by atoms with Gasteiger partial charge in [-0.1, -0.05) is 0 Å². The molecule has 0 aromatic heterocycles. The average Bonchev–Trinajstić information content (AvgIpc) is 3.37. The molecule has 1 aromatic rings. The van der Waals surface area contributed by atoms with Crippen molar-refractivity contribution < 1.29 is 22.7 Å². The number of likely N-dealkylation sites (tertiary alicyclic amines) is 1. The predicted molar refractivity (Wildman–Crippen MR) is 119 cm³/mol. The molecule has 2 atom stereocenters. The molecule has 1 unspecified atom stereocenters. The first-order chi connectivity index (χ1) is 14.6. The topological polar surface area (TPSA) is 79.4 Å². The quantitative estimate of drug-likeness (QED) is 0.596. The zero-order valence-corrected chi connectivity index (χ0v) is 20.1. The van der Waals surface area contributed by atoms with Gasteiger partial charge < -0.3 is 19.3 Å². The fourth-order valence-corrected chi connectivity index (χ4v) is 6.70. The number of ether oxygens (including phenoxy) is 2. The van der Waals surface area contributed by atoms with Crippen LogP contribution in [0.2, 0.25) is 0 Å². The van der Waals surface area contributed by atoms with Crippen molar-refractivity contribution in [2.45, 2.75) is 50.1 Å². The van der Waals surface area contributed by atoms with Gasteiger partial charge in [0.25, 0.3) is 0 Å². The number of hydrogen-bond donors (Lipinski definition) is 0. The number of methoxy groups -OCH3 is 1. The molecular formula is C22H35N3O5S. The molecule has 3 rings (SSSR count). The van der Waals surface area contributed by atoms with Gasteiger partial charge in [-0.15, -0.1) is 0 Å². The predicted octanol–water partition coefficient (Wildman–Crippen LogP) is 1.64. The number of nitrogens with zero attached hydrogens (tertiary/aromatic N) is 3. The second-order valence-electron chi connectivity index (χ2n) is 8.76. The highest BCUT2D eigenvalue weighted by Crippen LogP contribution is 2.32. The summed E-state index contributed by atoms with van der Waals surface area (Å²) in [5.41, 5.74) is 1.34. The van der Waals surface area contributed by atoms with Crippen molar-refractivity contribution in [1.82, 2.24) is 14.1 Å². The minimum atomic E-state index is -3.66. The van der Waals surface area contributed by atoms with E-state index < -0.39 is 10.0 Å². The van der Waals surface area contributed by atoms with Crippen LogP contribution in [0.1, 0.15) is 30.4 Å². The lowest BCUT2D eigenvalue weighted by molar-refractivity contribution is -0.135. The third kappa shape index (κ3) is 5.22. The van der Waals surface area contributed by atoms with Crippen LogP contribution in [0.15, 0.2) is 17.0 Å². The molecule has 2 heterocycles. The van der Waals surface area contributed by atoms with Crippen LogP contribution >= 0.6 is 0 Å². The SMILES string of the molecule is COc1cc(C)c(S(=O)(=O)N2CCCC2COCC(=O)N2CC[C@@H](N(C)C)C2)c(C)c1. The lowest BCUT2D eigenvalue weighted by Gasteiger charge is -2.26. The van der Waals surface area contributed by atoms with Gasteiger partial charge in [-0.25, -0.2) is 8.42 Å². The Labute approximate surface area is 186 Å². The van der Waals surface area contributed by atoms with Crippen molar-refractivity contribution in [3.8, 4) is 5.75 Å². The van der Waals surface area contributed by atoms with Crippen LogP contribution < -0.4 is 4.74 Å². The molecule has 2 saturated heterocycles. The summed E-state index contributed by atoms with van der Waals surface area (Å²) >= 11 is 0. The number of likely N-dealkylation sites (N-methyl/N-ethyl adjacent to an activating group) is 1. The molecule has 0 saturated carbocycles. The summed E-state index contributed by atoms with van der Waals surface area (Å²) < 4.78 is 39.4. The fourth-order valence-electron chi connectivity index (χ4n) is 4.61. The summed E-state index contributed by atoms with van der Waals surface area (Å²) in [6, 6.07) is 3.62. The number of benzene rings is 1. The number of carbonyl (C=O) groups excluding carboxylic acids is 1. The van der Waals surface area contributed by atoms with Crippen molar-refractivity contribution in [3.63, 3.8) is 0 Å². The van der Waals surface area contributed by atoms with Crippen LogP contribution in [0.5, 0.6) is 5.75 Å². The third-order valence-electron chi connectivity index (χ3n) is 6.34. The summed E-state index contributed by atoms with van der Waals surface area (Å²) in [5.74, 6) is 0.616. The van der Waals surface area contributed by atoms with Crippen LogP contribution in [-0.4, -0.2) is 94.6 Å². The van der Waals surface area contributed by atoms with E-state index in [0.29, 0.717) is 34.4 Å². The summed E-state index contributed by atoms with van der Waals surface area (Å²) in [6.07, 6.45) is 2.48. The molecule has 0 aliphatic carbocycles. The number of hydrogen-bond acceptors (Lipinski definition) is 6. The van der Waals surface area contributed by atoms with Gasteiger partial charge in [0.15, 0.2) is 0 Å². The lowest BCUT2D eigenvalue weighted by atomic mass is 10.1. The first-order valence-corrected chi connectivity index (χ1v) is 12.3. The second kappa shape index (κ2) is 9.85. The van der Waals surface area contributed by atoms with Crippen molar-refractivity contribution in [1.29, 1.82) is 0 Å². The van der Waals surface area contributed by atoms with Crippen LogP contribution in [-0.2, 0) is 19.6 Å². The molecule has 0 bridgehead atoms. The monoisotopic (exact) mass is 453 g/mol. The normalized spacial score (nSPS) is 22.5. The van der Waals surface area contributed by atoms with Gasteiger partial charge >= 0.3 is 0 Å². The Morgan fingerprint density at radius 3 is 2.42 bits per heavy atom. The Morgan fingerprint density at radius 1 is 1.16 bits per heavy atom. The zero-order chi connectivity index (χ0) is 22.8. The fraction of sp³-hybridized carbons (Fsp3) is 0.682. The van der Waals surface area contributed by atoms with Crippen LogP contribution in [0.4, 0.5) is 0 Å². The van der Waals surface area contributed by atoms with E-state index in [-0.39, 0.29) is 25.2 Å². The Morgan fingerprint density at radius 2 is 1.84 bits per heavy atom. The first-order valence-electron chi connectivity index (χ1n) is 10.8. The number of aryl methyl sites for hydroxylation is 2. The maximum Gasteiger partial charge on any atom is 0.248 e. The molecule has 174 valence electrons. The number of carbonyl (C=O) groups is 1. The van der Waals surface area contributed by atoms with E-state index in [4.69, 9.17) is 9.47 Å². The van der Waals surface area contributed by atoms with Gasteiger partial charge in [-0.3, -0.25) is 4.79 Å². The van der Waals surface area contributed by atoms with Crippen molar-refractivity contribution >= 4 is 15.9 Å². The van der Waals surface area contributed by atoms with Crippen molar-refractivity contribution in [3.05, 3.63) is 23.3 Å². The number of sulfonamides is 1. The van der Waals surface area contributed by atoms with Crippen molar-refractivity contribution in [2.24, 2.45) is 0 Å². The molecule has 31 heavy (non-hydrogen) atoms. The van der Waals surface area contributed by atoms with Gasteiger partial charge in [0, 0.05) is 31.7 Å². The molecule has 0 radical (unpaired) electrons. The van der Waals surface area contributed by atoms with Gasteiger partial charge in [-0.2, -0.15) is 4.31 Å². The summed E-state index contributed by atoms with van der Waals surface area (Å²) in [7, 11) is 1.96. The maximum atomic E-state index is 13.4. The Bertz CT molecular complexity index is 879. The lowest BCUT2D eigenvalue weighted by Crippen LogP contribution is -2.40. The third-order valence-corrected chi connectivity index (χ3v) is 8.60. The minimum absolute atomic E-state index is 0.00880. The highest BCUT2D eigenvalue weighted by atomic mass is 32.2. The summed E-state index contributed by atoms with van der Waals surface area (Å²) in [6.45, 7) is 5.72. The Balaban J connectivity index is 1.62. The van der Waals surface area contributed by atoms with Crippen molar-refractivity contribution in [2.75, 3.05) is 54.1 Å². The number of amides is 1. The Hall–Kier alpha value is -1.68. The molecule has 1 aromatic carbocycles. The van der Waals surface area contributed by atoms with Gasteiger partial charge in [-0.05, 0) is 70.5 Å². The summed E-state index contributed by atoms with van der Waals surface area (Å²) in [4.78, 5) is 16.8. The molecule has 2 aliphatic rings. The highest BCUT2D eigenvalue weighted by molar-refractivity contribution is 7.89. The molecule has 1 amide bonds. The van der Waals surface area contributed by atoms with E-state index in [9.17, 15) is 13.2 Å². The van der Waals surface area contributed by atoms with E-state index in [1.54, 1.807) is 33.1 Å². The van der Waals surface area contributed by atoms with Gasteiger partial charge in [0.2, 0.25) is 15.9 Å². The molecule has 0 spiro atoms. The molecular weight excluding hydrogens is 418 g/mol. The van der Waals surface area contributed by atoms with Crippen LogP contribution in [0, 0.1) is 13.8 Å². The van der Waals surface area contributed by atoms with E-state index in [1.165, 1.54) is 4.31 Å². The number of rotatable bonds is 8. The maximum absolute atomic E-state index is 13.4. The molecule has 0 N–H and O–H groups in total. The van der Waals surface area contributed by atoms with E-state index in [0.717, 1.165) is 32.4 Å². The molecule has 2 aliphatic heterocycles. The average molecular weight is 454 g/mol. The van der Waals surface area contributed by atoms with Crippen LogP contribution in [0.3, 0.4) is 0 Å². The molecule has 2 fully saturated rings. The molecule has 9 heteroatoms. The van der Waals surface area contributed by atoms with E-state index in [1.807, 2.05) is 19.0 Å². The van der Waals surface area contributed by atoms with Crippen LogP contribution in [0.25, 0.3) is 0 Å². The molecule has 8 nitrogen and oxygen atoms in total. The summed E-state index contributed by atoms with van der Waals surface area (Å²) in [5, 5.41) is 0. The van der Waals surface area contributed by atoms with Gasteiger partial charge in [0.1, 0.15) is 12.4 Å². The standard InChI is InChI=1S/C22H35N3O5S/c1-16-11-20(29-5)12-17(2)22(16)31(27,28)25-9-6-7-19(25)14-30-15-21(26)24-10-8-18(13-24)23(3)4/h11-12,18-19H,6-10,13-15H2,1-5H3/t18-,19?/m1/s1. The largest absolute Gasteiger partial charge is 0.497 e. The zero-order valence-electron chi connectivity index (χ0n) is 19.3. The van der Waals surface area contributed by atoms with E-state index >= 15 is 0 Å². The highest BCUT2D eigenvalue weighted by Gasteiger charge is 2.37. The van der Waals surface area contributed by atoms with E-state index in [2.05, 4.69) is 4.90 Å². The second-order valence-corrected chi connectivity index (χ2v) is 10.6. The van der Waals surface area contributed by atoms with Gasteiger partial charge in [0.05, 0.1) is 18.6 Å². The first kappa shape index (κ1) is 24.0. The minimum Gasteiger partial charge on any atom is -0.497 e. The smallest absolute Gasteiger partial charge is 0.248 e.